The third kappa shape index (κ3) is 4.71. The molecule has 2 N–H and O–H groups in total. The van der Waals surface area contributed by atoms with Crippen molar-refractivity contribution in [3.05, 3.63) is 22.2 Å². The van der Waals surface area contributed by atoms with E-state index in [4.69, 9.17) is 4.74 Å². The number of esters is 1. The monoisotopic (exact) mass is 282 g/mol. The molecule has 8 heteroatoms. The lowest BCUT2D eigenvalue weighted by Crippen LogP contribution is -2.18. The summed E-state index contributed by atoms with van der Waals surface area (Å²) in [6, 6.07) is 2.88. The second-order valence-corrected chi connectivity index (χ2v) is 3.91. The van der Waals surface area contributed by atoms with Gasteiger partial charge in [-0.25, -0.2) is 4.98 Å². The molecule has 20 heavy (non-hydrogen) atoms. The Hall–Kier alpha value is -2.38. The van der Waals surface area contributed by atoms with E-state index in [-0.39, 0.29) is 24.7 Å². The summed E-state index contributed by atoms with van der Waals surface area (Å²) in [5.41, 5.74) is -0.184. The zero-order valence-corrected chi connectivity index (χ0v) is 11.5. The lowest BCUT2D eigenvalue weighted by atomic mass is 10.3. The average Bonchev–Trinajstić information content (AvgIpc) is 2.43. The molecule has 0 amide bonds. The lowest BCUT2D eigenvalue weighted by molar-refractivity contribution is -0.384. The summed E-state index contributed by atoms with van der Waals surface area (Å²) in [7, 11) is 0. The molecular weight excluding hydrogens is 264 g/mol. The van der Waals surface area contributed by atoms with Crippen LogP contribution in [0.5, 0.6) is 0 Å². The summed E-state index contributed by atoms with van der Waals surface area (Å²) in [6.45, 7) is 4.49. The third-order valence-corrected chi connectivity index (χ3v) is 2.33. The Morgan fingerprint density at radius 1 is 1.40 bits per heavy atom. The quantitative estimate of drug-likeness (QED) is 0.425. The van der Waals surface area contributed by atoms with Crippen LogP contribution in [0.2, 0.25) is 0 Å². The van der Waals surface area contributed by atoms with Crippen molar-refractivity contribution in [1.82, 2.24) is 4.98 Å². The van der Waals surface area contributed by atoms with Crippen LogP contribution in [-0.2, 0) is 9.53 Å². The Labute approximate surface area is 116 Å². The van der Waals surface area contributed by atoms with Crippen molar-refractivity contribution in [3.63, 3.8) is 0 Å². The van der Waals surface area contributed by atoms with Gasteiger partial charge < -0.3 is 15.4 Å². The topological polar surface area (TPSA) is 106 Å². The number of nitro groups is 1. The van der Waals surface area contributed by atoms with Crippen LogP contribution in [-0.4, -0.2) is 35.6 Å². The molecule has 0 aliphatic heterocycles. The van der Waals surface area contributed by atoms with Gasteiger partial charge in [0.25, 0.3) is 0 Å². The van der Waals surface area contributed by atoms with Crippen molar-refractivity contribution in [3.8, 4) is 0 Å². The summed E-state index contributed by atoms with van der Waals surface area (Å²) in [6.07, 6.45) is 0.907. The van der Waals surface area contributed by atoms with E-state index in [1.54, 1.807) is 6.92 Å². The van der Waals surface area contributed by atoms with E-state index in [2.05, 4.69) is 15.6 Å². The van der Waals surface area contributed by atoms with Gasteiger partial charge in [0.1, 0.15) is 12.4 Å². The van der Waals surface area contributed by atoms with E-state index in [0.29, 0.717) is 12.4 Å². The van der Waals surface area contributed by atoms with E-state index < -0.39 is 10.9 Å². The van der Waals surface area contributed by atoms with Crippen LogP contribution in [0.25, 0.3) is 0 Å². The molecule has 0 saturated carbocycles. The van der Waals surface area contributed by atoms with E-state index >= 15 is 0 Å². The molecule has 0 fully saturated rings. The number of carbonyl (C=O) groups excluding carboxylic acids is 1. The zero-order valence-electron chi connectivity index (χ0n) is 11.5. The molecule has 1 heterocycles. The van der Waals surface area contributed by atoms with Crippen molar-refractivity contribution in [1.29, 1.82) is 0 Å². The first kappa shape index (κ1) is 15.7. The van der Waals surface area contributed by atoms with Crippen molar-refractivity contribution < 1.29 is 14.5 Å². The molecular formula is C12H18N4O4. The van der Waals surface area contributed by atoms with Gasteiger partial charge in [-0.1, -0.05) is 6.92 Å². The minimum absolute atomic E-state index is 0.0455. The summed E-state index contributed by atoms with van der Waals surface area (Å²) < 4.78 is 4.74. The lowest BCUT2D eigenvalue weighted by Gasteiger charge is -2.09. The largest absolute Gasteiger partial charge is 0.465 e. The fraction of sp³-hybridized carbons (Fsp3) is 0.500. The Kier molecular flexibility index (Phi) is 6.21. The first-order chi connectivity index (χ1) is 9.58. The summed E-state index contributed by atoms with van der Waals surface area (Å²) in [4.78, 5) is 25.7. The van der Waals surface area contributed by atoms with Gasteiger partial charge in [-0.05, 0) is 19.4 Å². The number of aromatic nitrogens is 1. The highest BCUT2D eigenvalue weighted by atomic mass is 16.6. The Balaban J connectivity index is 2.82. The standard InChI is InChI=1S/C12H18N4O4/c1-3-7-13-10-6-5-9(16(18)19)12(15-10)14-8-11(17)20-4-2/h5-6H,3-4,7-8H2,1-2H3,(H2,13,14,15). The third-order valence-electron chi connectivity index (χ3n) is 2.33. The SMILES string of the molecule is CCCNc1ccc([N+](=O)[O-])c(NCC(=O)OCC)n1. The predicted molar refractivity (Wildman–Crippen MR) is 74.8 cm³/mol. The van der Waals surface area contributed by atoms with Gasteiger partial charge in [-0.3, -0.25) is 14.9 Å². The molecule has 0 bridgehead atoms. The molecule has 0 aromatic carbocycles. The molecule has 0 spiro atoms. The van der Waals surface area contributed by atoms with E-state index in [0.717, 1.165) is 6.42 Å². The van der Waals surface area contributed by atoms with Crippen LogP contribution in [0.15, 0.2) is 12.1 Å². The second-order valence-electron chi connectivity index (χ2n) is 3.91. The number of rotatable bonds is 8. The van der Waals surface area contributed by atoms with Crippen LogP contribution >= 0.6 is 0 Å². The average molecular weight is 282 g/mol. The van der Waals surface area contributed by atoms with Crippen LogP contribution in [0, 0.1) is 10.1 Å². The molecule has 0 radical (unpaired) electrons. The Morgan fingerprint density at radius 3 is 2.75 bits per heavy atom. The smallest absolute Gasteiger partial charge is 0.325 e. The maximum atomic E-state index is 11.3. The van der Waals surface area contributed by atoms with Crippen molar-refractivity contribution in [2.75, 3.05) is 30.3 Å². The summed E-state index contributed by atoms with van der Waals surface area (Å²) in [5.74, 6) is 0.0727. The van der Waals surface area contributed by atoms with Crippen LogP contribution < -0.4 is 10.6 Å². The minimum atomic E-state index is -0.551. The second kappa shape index (κ2) is 7.93. The highest BCUT2D eigenvalue weighted by molar-refractivity contribution is 5.76. The maximum Gasteiger partial charge on any atom is 0.325 e. The summed E-state index contributed by atoms with van der Waals surface area (Å²) >= 11 is 0. The number of nitrogens with one attached hydrogen (secondary N) is 2. The Morgan fingerprint density at radius 2 is 2.15 bits per heavy atom. The molecule has 0 saturated heterocycles. The molecule has 8 nitrogen and oxygen atoms in total. The Bertz CT molecular complexity index is 479. The van der Waals surface area contributed by atoms with Gasteiger partial charge >= 0.3 is 11.7 Å². The fourth-order valence-electron chi connectivity index (χ4n) is 1.45. The molecule has 1 rings (SSSR count). The molecule has 1 aromatic rings. The zero-order chi connectivity index (χ0) is 15.0. The number of hydrogen-bond acceptors (Lipinski definition) is 7. The molecule has 0 atom stereocenters. The van der Waals surface area contributed by atoms with E-state index in [1.807, 2.05) is 6.92 Å². The van der Waals surface area contributed by atoms with Crippen molar-refractivity contribution in [2.24, 2.45) is 0 Å². The maximum absolute atomic E-state index is 11.3. The van der Waals surface area contributed by atoms with Crippen LogP contribution in [0.3, 0.4) is 0 Å². The van der Waals surface area contributed by atoms with Gasteiger partial charge in [0.05, 0.1) is 11.5 Å². The number of pyridine rings is 1. The van der Waals surface area contributed by atoms with Crippen LogP contribution in [0.1, 0.15) is 20.3 Å². The number of anilines is 2. The first-order valence-corrected chi connectivity index (χ1v) is 6.37. The molecule has 0 aliphatic rings. The number of carbonyl (C=O) groups is 1. The van der Waals surface area contributed by atoms with Crippen LogP contribution in [0.4, 0.5) is 17.3 Å². The fourth-order valence-corrected chi connectivity index (χ4v) is 1.45. The highest BCUT2D eigenvalue weighted by Gasteiger charge is 2.16. The van der Waals surface area contributed by atoms with E-state index in [1.165, 1.54) is 12.1 Å². The molecule has 0 unspecified atom stereocenters. The highest BCUT2D eigenvalue weighted by Crippen LogP contribution is 2.23. The molecule has 110 valence electrons. The van der Waals surface area contributed by atoms with Gasteiger partial charge in [-0.15, -0.1) is 0 Å². The van der Waals surface area contributed by atoms with Gasteiger partial charge in [0.15, 0.2) is 0 Å². The minimum Gasteiger partial charge on any atom is -0.465 e. The van der Waals surface area contributed by atoms with Gasteiger partial charge in [0, 0.05) is 12.6 Å². The van der Waals surface area contributed by atoms with Gasteiger partial charge in [0.2, 0.25) is 5.82 Å². The number of ether oxygens (including phenoxy) is 1. The predicted octanol–water partition coefficient (Wildman–Crippen LogP) is 1.79. The van der Waals surface area contributed by atoms with Crippen molar-refractivity contribution >= 4 is 23.3 Å². The number of hydrogen-bond donors (Lipinski definition) is 2. The molecule has 1 aromatic heterocycles. The normalized spacial score (nSPS) is 9.90. The van der Waals surface area contributed by atoms with Crippen molar-refractivity contribution in [2.45, 2.75) is 20.3 Å². The number of nitrogens with zero attached hydrogens (tertiary/aromatic N) is 2. The molecule has 0 aliphatic carbocycles. The van der Waals surface area contributed by atoms with E-state index in [9.17, 15) is 14.9 Å². The first-order valence-electron chi connectivity index (χ1n) is 6.37. The summed E-state index contributed by atoms with van der Waals surface area (Å²) in [5, 5.41) is 16.6. The van der Waals surface area contributed by atoms with Gasteiger partial charge in [-0.2, -0.15) is 0 Å².